The first-order chi connectivity index (χ1) is 7.95. The Balaban J connectivity index is 2.66. The predicted molar refractivity (Wildman–Crippen MR) is 70.0 cm³/mol. The smallest absolute Gasteiger partial charge is 0.138 e. The number of aliphatic hydroxyl groups is 1. The molecule has 0 aliphatic heterocycles. The van der Waals surface area contributed by atoms with E-state index in [0.717, 1.165) is 12.0 Å². The maximum absolute atomic E-state index is 11.9. The summed E-state index contributed by atoms with van der Waals surface area (Å²) in [5.74, 6) is 0.288. The van der Waals surface area contributed by atoms with Crippen molar-refractivity contribution in [2.45, 2.75) is 40.0 Å². The van der Waals surface area contributed by atoms with Crippen LogP contribution in [0.3, 0.4) is 0 Å². The van der Waals surface area contributed by atoms with E-state index in [1.165, 1.54) is 5.56 Å². The van der Waals surface area contributed by atoms with Crippen molar-refractivity contribution in [3.8, 4) is 0 Å². The molecule has 0 heterocycles. The molecule has 0 aromatic heterocycles. The maximum atomic E-state index is 11.9. The molecule has 17 heavy (non-hydrogen) atoms. The highest BCUT2D eigenvalue weighted by molar-refractivity contribution is 5.83. The molecule has 2 nitrogen and oxygen atoms in total. The van der Waals surface area contributed by atoms with Gasteiger partial charge in [-0.15, -0.1) is 0 Å². The highest BCUT2D eigenvalue weighted by Crippen LogP contribution is 2.19. The van der Waals surface area contributed by atoms with Crippen LogP contribution in [0.15, 0.2) is 24.3 Å². The van der Waals surface area contributed by atoms with Crippen LogP contribution in [0.1, 0.15) is 38.3 Å². The van der Waals surface area contributed by atoms with Gasteiger partial charge >= 0.3 is 0 Å². The number of carbonyl (C=O) groups is 1. The maximum Gasteiger partial charge on any atom is 0.138 e. The SMILES string of the molecule is CC(C)(C)C(=O)CCc1ccccc1CCO. The van der Waals surface area contributed by atoms with Crippen molar-refractivity contribution in [1.82, 2.24) is 0 Å². The molecule has 0 bridgehead atoms. The molecule has 0 amide bonds. The monoisotopic (exact) mass is 234 g/mol. The number of ketones is 1. The van der Waals surface area contributed by atoms with E-state index in [1.54, 1.807) is 0 Å². The summed E-state index contributed by atoms with van der Waals surface area (Å²) < 4.78 is 0. The Morgan fingerprint density at radius 2 is 1.65 bits per heavy atom. The van der Waals surface area contributed by atoms with Crippen molar-refractivity contribution < 1.29 is 9.90 Å². The summed E-state index contributed by atoms with van der Waals surface area (Å²) in [6.07, 6.45) is 2.01. The Bertz CT molecular complexity index is 375. The quantitative estimate of drug-likeness (QED) is 0.850. The molecule has 0 saturated carbocycles. The van der Waals surface area contributed by atoms with Crippen molar-refractivity contribution in [2.75, 3.05) is 6.61 Å². The van der Waals surface area contributed by atoms with E-state index in [-0.39, 0.29) is 17.8 Å². The lowest BCUT2D eigenvalue weighted by Gasteiger charge is -2.17. The molecule has 0 aliphatic rings. The van der Waals surface area contributed by atoms with E-state index in [9.17, 15) is 4.79 Å². The van der Waals surface area contributed by atoms with E-state index in [0.29, 0.717) is 12.8 Å². The Morgan fingerprint density at radius 1 is 1.12 bits per heavy atom. The Hall–Kier alpha value is -1.15. The van der Waals surface area contributed by atoms with Crippen LogP contribution >= 0.6 is 0 Å². The molecule has 0 aliphatic carbocycles. The van der Waals surface area contributed by atoms with Crippen molar-refractivity contribution in [2.24, 2.45) is 5.41 Å². The molecule has 0 saturated heterocycles. The van der Waals surface area contributed by atoms with Gasteiger partial charge in [0.15, 0.2) is 0 Å². The summed E-state index contributed by atoms with van der Waals surface area (Å²) in [4.78, 5) is 11.9. The first kappa shape index (κ1) is 13.9. The first-order valence-corrected chi connectivity index (χ1v) is 6.16. The van der Waals surface area contributed by atoms with Gasteiger partial charge in [0.2, 0.25) is 0 Å². The highest BCUT2D eigenvalue weighted by Gasteiger charge is 2.20. The summed E-state index contributed by atoms with van der Waals surface area (Å²) in [6, 6.07) is 8.02. The fourth-order valence-corrected chi connectivity index (χ4v) is 1.79. The molecule has 0 unspecified atom stereocenters. The van der Waals surface area contributed by atoms with Crippen LogP contribution < -0.4 is 0 Å². The van der Waals surface area contributed by atoms with Crippen molar-refractivity contribution >= 4 is 5.78 Å². The number of rotatable bonds is 5. The lowest BCUT2D eigenvalue weighted by atomic mass is 9.87. The van der Waals surface area contributed by atoms with Crippen LogP contribution in [0.25, 0.3) is 0 Å². The third kappa shape index (κ3) is 4.31. The molecule has 0 atom stereocenters. The van der Waals surface area contributed by atoms with Crippen molar-refractivity contribution in [1.29, 1.82) is 0 Å². The standard InChI is InChI=1S/C15H22O2/c1-15(2,3)14(17)9-8-12-6-4-5-7-13(12)10-11-16/h4-7,16H,8-11H2,1-3H3. The zero-order valence-corrected chi connectivity index (χ0v) is 11.0. The van der Waals surface area contributed by atoms with Gasteiger partial charge in [-0.25, -0.2) is 0 Å². The van der Waals surface area contributed by atoms with Crippen molar-refractivity contribution in [3.63, 3.8) is 0 Å². The first-order valence-electron chi connectivity index (χ1n) is 6.16. The number of aliphatic hydroxyl groups excluding tert-OH is 1. The summed E-state index contributed by atoms with van der Waals surface area (Å²) in [5.41, 5.74) is 2.07. The molecule has 1 rings (SSSR count). The molecular formula is C15H22O2. The number of Topliss-reactive ketones (excluding diaryl/α,β-unsaturated/α-hetero) is 1. The van der Waals surface area contributed by atoms with Gasteiger partial charge in [0.25, 0.3) is 0 Å². The largest absolute Gasteiger partial charge is 0.396 e. The molecule has 0 spiro atoms. The van der Waals surface area contributed by atoms with Crippen LogP contribution in [0.2, 0.25) is 0 Å². The predicted octanol–water partition coefficient (Wildman–Crippen LogP) is 2.77. The van der Waals surface area contributed by atoms with Crippen LogP contribution in [0, 0.1) is 5.41 Å². The number of hydrogen-bond donors (Lipinski definition) is 1. The van der Waals surface area contributed by atoms with Gasteiger partial charge in [-0.1, -0.05) is 45.0 Å². The highest BCUT2D eigenvalue weighted by atomic mass is 16.2. The Morgan fingerprint density at radius 3 is 2.12 bits per heavy atom. The van der Waals surface area contributed by atoms with Gasteiger partial charge in [0.1, 0.15) is 5.78 Å². The van der Waals surface area contributed by atoms with E-state index < -0.39 is 0 Å². The summed E-state index contributed by atoms with van der Waals surface area (Å²) in [5, 5.41) is 8.98. The second kappa shape index (κ2) is 5.97. The second-order valence-electron chi connectivity index (χ2n) is 5.42. The molecule has 1 aromatic rings. The van der Waals surface area contributed by atoms with E-state index in [1.807, 2.05) is 45.0 Å². The third-order valence-corrected chi connectivity index (χ3v) is 2.96. The number of aryl methyl sites for hydroxylation is 1. The number of carbonyl (C=O) groups excluding carboxylic acids is 1. The molecular weight excluding hydrogens is 212 g/mol. The molecule has 0 fully saturated rings. The average molecular weight is 234 g/mol. The number of hydrogen-bond acceptors (Lipinski definition) is 2. The molecule has 94 valence electrons. The van der Waals surface area contributed by atoms with Gasteiger partial charge in [-0.2, -0.15) is 0 Å². The van der Waals surface area contributed by atoms with Gasteiger partial charge in [-0.05, 0) is 24.0 Å². The van der Waals surface area contributed by atoms with E-state index in [2.05, 4.69) is 0 Å². The zero-order chi connectivity index (χ0) is 12.9. The fourth-order valence-electron chi connectivity index (χ4n) is 1.79. The minimum Gasteiger partial charge on any atom is -0.396 e. The van der Waals surface area contributed by atoms with Crippen LogP contribution in [-0.2, 0) is 17.6 Å². The molecule has 0 radical (unpaired) electrons. The van der Waals surface area contributed by atoms with Crippen LogP contribution in [0.5, 0.6) is 0 Å². The van der Waals surface area contributed by atoms with Crippen LogP contribution in [-0.4, -0.2) is 17.5 Å². The average Bonchev–Trinajstić information content (AvgIpc) is 2.26. The Kier molecular flexibility index (Phi) is 4.88. The molecule has 1 N–H and O–H groups in total. The second-order valence-corrected chi connectivity index (χ2v) is 5.42. The van der Waals surface area contributed by atoms with Gasteiger partial charge in [-0.3, -0.25) is 4.79 Å². The summed E-state index contributed by atoms with van der Waals surface area (Å²) in [6.45, 7) is 6.02. The number of benzene rings is 1. The minimum atomic E-state index is -0.258. The van der Waals surface area contributed by atoms with Crippen molar-refractivity contribution in [3.05, 3.63) is 35.4 Å². The zero-order valence-electron chi connectivity index (χ0n) is 11.0. The van der Waals surface area contributed by atoms with Gasteiger partial charge in [0.05, 0.1) is 0 Å². The lowest BCUT2D eigenvalue weighted by molar-refractivity contribution is -0.126. The third-order valence-electron chi connectivity index (χ3n) is 2.96. The summed E-state index contributed by atoms with van der Waals surface area (Å²) >= 11 is 0. The fraction of sp³-hybridized carbons (Fsp3) is 0.533. The topological polar surface area (TPSA) is 37.3 Å². The molecule has 2 heteroatoms. The minimum absolute atomic E-state index is 0.157. The normalized spacial score (nSPS) is 11.5. The Labute approximate surface area is 104 Å². The van der Waals surface area contributed by atoms with E-state index >= 15 is 0 Å². The van der Waals surface area contributed by atoms with Gasteiger partial charge < -0.3 is 5.11 Å². The summed E-state index contributed by atoms with van der Waals surface area (Å²) in [7, 11) is 0. The van der Waals surface area contributed by atoms with Crippen LogP contribution in [0.4, 0.5) is 0 Å². The van der Waals surface area contributed by atoms with E-state index in [4.69, 9.17) is 5.11 Å². The molecule has 1 aromatic carbocycles. The lowest BCUT2D eigenvalue weighted by Crippen LogP contribution is -2.20. The van der Waals surface area contributed by atoms with Gasteiger partial charge in [0, 0.05) is 18.4 Å².